The largest absolute Gasteiger partial charge is 0.459 e. The molecule has 0 aromatic carbocycles. The number of ether oxygens (including phenoxy) is 1. The molecule has 0 aliphatic rings. The number of likely N-dealkylation sites (N-methyl/N-ethyl adjacent to an activating group) is 1. The first kappa shape index (κ1) is 16.4. The summed E-state index contributed by atoms with van der Waals surface area (Å²) in [5.41, 5.74) is -0.347. The molecule has 0 rings (SSSR count). The molecule has 0 aliphatic carbocycles. The van der Waals surface area contributed by atoms with Gasteiger partial charge in [0.2, 0.25) is 0 Å². The van der Waals surface area contributed by atoms with Crippen LogP contribution in [-0.2, 0) is 9.53 Å². The van der Waals surface area contributed by atoms with Gasteiger partial charge < -0.3 is 9.22 Å². The van der Waals surface area contributed by atoms with Crippen LogP contribution in [0.5, 0.6) is 0 Å². The zero-order valence-corrected chi connectivity index (χ0v) is 12.5. The molecule has 0 radical (unpaired) electrons. The van der Waals surface area contributed by atoms with Crippen LogP contribution in [0.4, 0.5) is 0 Å². The minimum atomic E-state index is -0.347. The molecule has 0 aromatic heterocycles. The highest BCUT2D eigenvalue weighted by Gasteiger charge is 2.28. The van der Waals surface area contributed by atoms with Crippen LogP contribution in [0.25, 0.3) is 0 Å². The molecule has 102 valence electrons. The molecule has 0 heterocycles. The Labute approximate surface area is 107 Å². The average molecular weight is 244 g/mol. The van der Waals surface area contributed by atoms with E-state index < -0.39 is 0 Å². The molecule has 0 atom stereocenters. The predicted molar refractivity (Wildman–Crippen MR) is 71.8 cm³/mol. The summed E-state index contributed by atoms with van der Waals surface area (Å²) in [5, 5.41) is 0. The van der Waals surface area contributed by atoms with Crippen molar-refractivity contribution in [2.45, 2.75) is 48.0 Å². The number of hydrogen-bond acceptors (Lipinski definition) is 2. The maximum atomic E-state index is 11.8. The minimum absolute atomic E-state index is 0.0681. The first-order valence-corrected chi connectivity index (χ1v) is 6.89. The summed E-state index contributed by atoms with van der Waals surface area (Å²) < 4.78 is 6.43. The van der Waals surface area contributed by atoms with E-state index in [2.05, 4.69) is 20.8 Å². The Balaban J connectivity index is 4.19. The number of carbonyl (C=O) groups is 1. The zero-order valence-electron chi connectivity index (χ0n) is 12.5. The van der Waals surface area contributed by atoms with Crippen molar-refractivity contribution >= 4 is 5.97 Å². The topological polar surface area (TPSA) is 26.3 Å². The summed E-state index contributed by atoms with van der Waals surface area (Å²) in [5.74, 6) is -0.0681. The van der Waals surface area contributed by atoms with Crippen molar-refractivity contribution in [2.75, 3.05) is 32.8 Å². The third kappa shape index (κ3) is 4.66. The number of hydrogen-bond donors (Lipinski definition) is 0. The first-order valence-electron chi connectivity index (χ1n) is 6.89. The highest BCUT2D eigenvalue weighted by molar-refractivity contribution is 5.75. The molecule has 0 N–H and O–H groups in total. The van der Waals surface area contributed by atoms with E-state index >= 15 is 0 Å². The maximum Gasteiger partial charge on any atom is 0.311 e. The normalized spacial score (nSPS) is 12.6. The lowest BCUT2D eigenvalue weighted by molar-refractivity contribution is -0.923. The standard InChI is InChI=1S/C14H30NO2/c1-7-14(5,6)13(16)17-12-11-15(8-2,9-3)10-4/h7-12H2,1-6H3/q+1. The van der Waals surface area contributed by atoms with Crippen LogP contribution in [0.15, 0.2) is 0 Å². The van der Waals surface area contributed by atoms with Crippen molar-refractivity contribution in [1.29, 1.82) is 0 Å². The Morgan fingerprint density at radius 1 is 1.06 bits per heavy atom. The van der Waals surface area contributed by atoms with Gasteiger partial charge in [-0.3, -0.25) is 4.79 Å². The Hall–Kier alpha value is -0.570. The van der Waals surface area contributed by atoms with Crippen LogP contribution in [0, 0.1) is 5.41 Å². The van der Waals surface area contributed by atoms with Crippen molar-refractivity contribution in [3.8, 4) is 0 Å². The third-order valence-electron chi connectivity index (χ3n) is 4.25. The lowest BCUT2D eigenvalue weighted by atomic mass is 9.91. The van der Waals surface area contributed by atoms with Crippen molar-refractivity contribution in [1.82, 2.24) is 0 Å². The van der Waals surface area contributed by atoms with Crippen LogP contribution in [0.3, 0.4) is 0 Å². The molecule has 3 nitrogen and oxygen atoms in total. The van der Waals surface area contributed by atoms with Gasteiger partial charge >= 0.3 is 5.97 Å². The van der Waals surface area contributed by atoms with Gasteiger partial charge in [0, 0.05) is 0 Å². The fraction of sp³-hybridized carbons (Fsp3) is 0.929. The van der Waals surface area contributed by atoms with Gasteiger partial charge in [0.1, 0.15) is 13.2 Å². The number of carbonyl (C=O) groups excluding carboxylic acids is 1. The molecule has 0 amide bonds. The molecule has 0 unspecified atom stereocenters. The molecule has 0 aliphatic heterocycles. The molecule has 0 saturated carbocycles. The Bertz CT molecular complexity index is 224. The van der Waals surface area contributed by atoms with Crippen molar-refractivity contribution in [3.63, 3.8) is 0 Å². The molecule has 3 heteroatoms. The van der Waals surface area contributed by atoms with Gasteiger partial charge in [-0.05, 0) is 41.0 Å². The summed E-state index contributed by atoms with van der Waals surface area (Å²) in [6.45, 7) is 17.3. The van der Waals surface area contributed by atoms with Gasteiger partial charge in [-0.1, -0.05) is 6.92 Å². The summed E-state index contributed by atoms with van der Waals surface area (Å²) in [7, 11) is 0. The summed E-state index contributed by atoms with van der Waals surface area (Å²) in [4.78, 5) is 11.8. The van der Waals surface area contributed by atoms with E-state index in [0.717, 1.165) is 37.1 Å². The second-order valence-electron chi connectivity index (χ2n) is 5.39. The molecule has 0 fully saturated rings. The minimum Gasteiger partial charge on any atom is -0.459 e. The highest BCUT2D eigenvalue weighted by atomic mass is 16.5. The molecule has 0 bridgehead atoms. The number of quaternary nitrogens is 1. The second kappa shape index (κ2) is 7.00. The van der Waals surface area contributed by atoms with Gasteiger partial charge in [-0.25, -0.2) is 0 Å². The lowest BCUT2D eigenvalue weighted by Crippen LogP contribution is -2.50. The molecular formula is C14H30NO2+. The SMILES string of the molecule is CCC(C)(C)C(=O)OCC[N+](CC)(CC)CC. The van der Waals surface area contributed by atoms with Gasteiger partial charge in [-0.2, -0.15) is 0 Å². The first-order chi connectivity index (χ1) is 7.87. The molecule has 0 aromatic rings. The average Bonchev–Trinajstić information content (AvgIpc) is 2.35. The molecular weight excluding hydrogens is 214 g/mol. The zero-order chi connectivity index (χ0) is 13.5. The van der Waals surface area contributed by atoms with E-state index in [1.165, 1.54) is 0 Å². The van der Waals surface area contributed by atoms with E-state index in [9.17, 15) is 4.79 Å². The predicted octanol–water partition coefficient (Wildman–Crippen LogP) is 2.84. The van der Waals surface area contributed by atoms with Crippen LogP contribution in [0.2, 0.25) is 0 Å². The van der Waals surface area contributed by atoms with Crippen LogP contribution in [0.1, 0.15) is 48.0 Å². The van der Waals surface area contributed by atoms with Gasteiger partial charge in [-0.15, -0.1) is 0 Å². The van der Waals surface area contributed by atoms with E-state index in [4.69, 9.17) is 4.74 Å². The fourth-order valence-corrected chi connectivity index (χ4v) is 1.82. The van der Waals surface area contributed by atoms with E-state index in [1.54, 1.807) is 0 Å². The molecule has 0 spiro atoms. The van der Waals surface area contributed by atoms with Crippen molar-refractivity contribution in [3.05, 3.63) is 0 Å². The number of rotatable bonds is 8. The summed E-state index contributed by atoms with van der Waals surface area (Å²) >= 11 is 0. The quantitative estimate of drug-likeness (QED) is 0.485. The lowest BCUT2D eigenvalue weighted by Gasteiger charge is -2.35. The van der Waals surface area contributed by atoms with Gasteiger partial charge in [0.15, 0.2) is 0 Å². The Kier molecular flexibility index (Phi) is 6.76. The van der Waals surface area contributed by atoms with Crippen LogP contribution < -0.4 is 0 Å². The fourth-order valence-electron chi connectivity index (χ4n) is 1.82. The molecule has 17 heavy (non-hydrogen) atoms. The Morgan fingerprint density at radius 2 is 1.53 bits per heavy atom. The smallest absolute Gasteiger partial charge is 0.311 e. The van der Waals surface area contributed by atoms with Crippen LogP contribution in [-0.4, -0.2) is 43.2 Å². The van der Waals surface area contributed by atoms with E-state index in [0.29, 0.717) is 6.61 Å². The maximum absolute atomic E-state index is 11.8. The second-order valence-corrected chi connectivity index (χ2v) is 5.39. The highest BCUT2D eigenvalue weighted by Crippen LogP contribution is 2.21. The summed E-state index contributed by atoms with van der Waals surface area (Å²) in [6, 6.07) is 0. The van der Waals surface area contributed by atoms with E-state index in [-0.39, 0.29) is 11.4 Å². The van der Waals surface area contributed by atoms with Crippen molar-refractivity contribution in [2.24, 2.45) is 5.41 Å². The van der Waals surface area contributed by atoms with Gasteiger partial charge in [0.05, 0.1) is 25.0 Å². The van der Waals surface area contributed by atoms with E-state index in [1.807, 2.05) is 20.8 Å². The Morgan fingerprint density at radius 3 is 1.88 bits per heavy atom. The summed E-state index contributed by atoms with van der Waals surface area (Å²) in [6.07, 6.45) is 0.821. The third-order valence-corrected chi connectivity index (χ3v) is 4.25. The monoisotopic (exact) mass is 244 g/mol. The van der Waals surface area contributed by atoms with Gasteiger partial charge in [0.25, 0.3) is 0 Å². The number of nitrogens with zero attached hydrogens (tertiary/aromatic N) is 1. The molecule has 0 saturated heterocycles. The van der Waals surface area contributed by atoms with Crippen LogP contribution >= 0.6 is 0 Å². The number of esters is 1. The van der Waals surface area contributed by atoms with Crippen molar-refractivity contribution < 1.29 is 14.0 Å².